The lowest BCUT2D eigenvalue weighted by Crippen LogP contribution is -2.47. The summed E-state index contributed by atoms with van der Waals surface area (Å²) in [5, 5.41) is 40.1. The Morgan fingerprint density at radius 2 is 1.80 bits per heavy atom. The molecule has 51 heavy (non-hydrogen) atoms. The van der Waals surface area contributed by atoms with Gasteiger partial charge in [0.2, 0.25) is 5.91 Å². The van der Waals surface area contributed by atoms with Crippen molar-refractivity contribution < 1.29 is 34.7 Å². The van der Waals surface area contributed by atoms with Crippen LogP contribution in [0.1, 0.15) is 87.3 Å². The van der Waals surface area contributed by atoms with Gasteiger partial charge >= 0.3 is 0 Å². The number of para-hydroxylation sites is 1. The third-order valence-electron chi connectivity index (χ3n) is 10.5. The quantitative estimate of drug-likeness (QED) is 0.120. The van der Waals surface area contributed by atoms with Gasteiger partial charge in [0.1, 0.15) is 18.0 Å². The van der Waals surface area contributed by atoms with Crippen molar-refractivity contribution in [2.45, 2.75) is 113 Å². The first kappa shape index (κ1) is 38.0. The number of ether oxygens (including phenoxy) is 2. The first-order valence-corrected chi connectivity index (χ1v) is 19.9. The molecule has 9 nitrogen and oxygen atoms in total. The van der Waals surface area contributed by atoms with Crippen LogP contribution in [-0.4, -0.2) is 91.3 Å². The number of nitrogens with zero attached hydrogens (tertiary/aromatic N) is 2. The van der Waals surface area contributed by atoms with Gasteiger partial charge in [-0.25, -0.2) is 0 Å². The molecule has 0 spiro atoms. The van der Waals surface area contributed by atoms with Gasteiger partial charge in [-0.3, -0.25) is 9.78 Å². The average molecular weight is 739 g/mol. The van der Waals surface area contributed by atoms with Crippen molar-refractivity contribution >= 4 is 29.3 Å². The van der Waals surface area contributed by atoms with Crippen LogP contribution in [0.2, 0.25) is 5.02 Å². The largest absolute Gasteiger partial charge is 0.490 e. The Labute approximate surface area is 310 Å². The number of aromatic nitrogens is 1. The second-order valence-corrected chi connectivity index (χ2v) is 16.0. The molecule has 4 atom stereocenters. The van der Waals surface area contributed by atoms with E-state index < -0.39 is 30.5 Å². The number of thioether (sulfide) groups is 1. The van der Waals surface area contributed by atoms with Gasteiger partial charge in [-0.2, -0.15) is 11.8 Å². The van der Waals surface area contributed by atoms with E-state index in [1.165, 1.54) is 0 Å². The molecule has 0 radical (unpaired) electrons. The predicted octanol–water partition coefficient (Wildman–Crippen LogP) is 6.22. The van der Waals surface area contributed by atoms with E-state index in [4.69, 9.17) is 26.2 Å². The van der Waals surface area contributed by atoms with Crippen molar-refractivity contribution in [3.8, 4) is 16.9 Å². The van der Waals surface area contributed by atoms with Gasteiger partial charge in [-0.1, -0.05) is 48.9 Å². The molecular formula is C40H51ClN2O7S. The number of hydrogen-bond acceptors (Lipinski definition) is 9. The normalized spacial score (nSPS) is 19.6. The summed E-state index contributed by atoms with van der Waals surface area (Å²) in [6, 6.07) is 16.5. The van der Waals surface area contributed by atoms with Crippen molar-refractivity contribution in [2.24, 2.45) is 0 Å². The smallest absolute Gasteiger partial charge is 0.225 e. The fourth-order valence-electron chi connectivity index (χ4n) is 7.01. The highest BCUT2D eigenvalue weighted by Crippen LogP contribution is 2.53. The first-order chi connectivity index (χ1) is 24.7. The highest BCUT2D eigenvalue weighted by Gasteiger charge is 2.48. The van der Waals surface area contributed by atoms with Crippen molar-refractivity contribution in [1.82, 2.24) is 9.88 Å². The summed E-state index contributed by atoms with van der Waals surface area (Å²) in [7, 11) is 0. The van der Waals surface area contributed by atoms with Crippen LogP contribution in [0.3, 0.4) is 0 Å². The van der Waals surface area contributed by atoms with Crippen molar-refractivity contribution in [3.63, 3.8) is 0 Å². The summed E-state index contributed by atoms with van der Waals surface area (Å²) >= 11 is 8.61. The Hall–Kier alpha value is -2.70. The standard InChI is InChI=1S/C40H51ClN2O7S/c1-26(5-4-18-43(29-13-19-51-20-14-29)38(47)22-35(45)39(48)36(46)24-44)27-8-11-34(41)28(21-27)25-49-40(15-16-40)33-23-42-17-12-31(33)32-6-2-3-7-37(32)50-30-9-10-30/h2-3,6-8,11-12,17,21,23,26,29-30,35-36,39,44-46,48H,4-5,9-10,13-16,18-20,22,24-25H2,1H3. The van der Waals surface area contributed by atoms with E-state index in [0.29, 0.717) is 24.3 Å². The van der Waals surface area contributed by atoms with E-state index in [1.54, 1.807) is 0 Å². The van der Waals surface area contributed by atoms with Gasteiger partial charge in [-0.05, 0) is 104 Å². The molecule has 4 N–H and O–H groups in total. The Morgan fingerprint density at radius 1 is 1.04 bits per heavy atom. The highest BCUT2D eigenvalue weighted by atomic mass is 35.5. The minimum atomic E-state index is -1.59. The van der Waals surface area contributed by atoms with Crippen LogP contribution in [-0.2, 0) is 21.7 Å². The molecule has 1 amide bonds. The molecule has 3 aromatic rings. The minimum Gasteiger partial charge on any atom is -0.490 e. The van der Waals surface area contributed by atoms with Gasteiger partial charge < -0.3 is 34.8 Å². The van der Waals surface area contributed by atoms with Gasteiger partial charge in [0.15, 0.2) is 0 Å². The number of carbonyl (C=O) groups excluding carboxylic acids is 1. The van der Waals surface area contributed by atoms with Crippen LogP contribution in [0.4, 0.5) is 0 Å². The number of aliphatic hydroxyl groups is 4. The minimum absolute atomic E-state index is 0.0784. The predicted molar refractivity (Wildman–Crippen MR) is 200 cm³/mol. The molecule has 276 valence electrons. The van der Waals surface area contributed by atoms with Gasteiger partial charge in [0, 0.05) is 41.1 Å². The third kappa shape index (κ3) is 9.65. The van der Waals surface area contributed by atoms with E-state index >= 15 is 0 Å². The molecule has 1 aromatic heterocycles. The lowest BCUT2D eigenvalue weighted by atomic mass is 9.94. The van der Waals surface area contributed by atoms with Crippen molar-refractivity contribution in [1.29, 1.82) is 0 Å². The van der Waals surface area contributed by atoms with Gasteiger partial charge in [-0.15, -0.1) is 0 Å². The summed E-state index contributed by atoms with van der Waals surface area (Å²) in [5.74, 6) is 2.80. The maximum atomic E-state index is 13.4. The average Bonchev–Trinajstić information content (AvgIpc) is 4.10. The van der Waals surface area contributed by atoms with Gasteiger partial charge in [0.25, 0.3) is 0 Å². The fourth-order valence-corrected chi connectivity index (χ4v) is 8.26. The van der Waals surface area contributed by atoms with E-state index in [1.807, 2.05) is 53.3 Å². The number of hydrogen-bond donors (Lipinski definition) is 4. The number of amides is 1. The molecule has 0 bridgehead atoms. The molecule has 1 aliphatic heterocycles. The Kier molecular flexibility index (Phi) is 13.0. The summed E-state index contributed by atoms with van der Waals surface area (Å²) in [4.78, 5) is 19.7. The summed E-state index contributed by atoms with van der Waals surface area (Å²) in [5.41, 5.74) is 4.86. The van der Waals surface area contributed by atoms with Crippen LogP contribution in [0.25, 0.3) is 11.1 Å². The maximum Gasteiger partial charge on any atom is 0.225 e. The SMILES string of the molecule is CC(CCCN(C(=O)CC(O)C(O)C(O)CO)C1CCSCC1)c1ccc(Cl)c(COC2(c3cnccc3-c3ccccc3OC3CC3)CC2)c1. The zero-order valence-electron chi connectivity index (χ0n) is 29.3. The zero-order chi connectivity index (χ0) is 36.0. The molecule has 3 aliphatic rings. The summed E-state index contributed by atoms with van der Waals surface area (Å²) < 4.78 is 13.0. The van der Waals surface area contributed by atoms with E-state index in [-0.39, 0.29) is 24.3 Å². The van der Waals surface area contributed by atoms with Crippen LogP contribution in [0, 0.1) is 0 Å². The highest BCUT2D eigenvalue weighted by molar-refractivity contribution is 7.99. The van der Waals surface area contributed by atoms with Crippen molar-refractivity contribution in [3.05, 3.63) is 82.6 Å². The summed E-state index contributed by atoms with van der Waals surface area (Å²) in [6.07, 6.45) is 6.56. The Balaban J connectivity index is 1.09. The topological polar surface area (TPSA) is 133 Å². The molecule has 2 aliphatic carbocycles. The number of aliphatic hydroxyl groups excluding tert-OH is 4. The monoisotopic (exact) mass is 738 g/mol. The van der Waals surface area contributed by atoms with Gasteiger partial charge in [0.05, 0.1) is 37.4 Å². The lowest BCUT2D eigenvalue weighted by molar-refractivity contribution is -0.140. The van der Waals surface area contributed by atoms with E-state index in [9.17, 15) is 20.1 Å². The lowest BCUT2D eigenvalue weighted by Gasteiger charge is -2.35. The molecule has 1 saturated heterocycles. The number of benzene rings is 2. The van der Waals surface area contributed by atoms with Crippen LogP contribution >= 0.6 is 23.4 Å². The van der Waals surface area contributed by atoms with Crippen LogP contribution in [0.5, 0.6) is 5.75 Å². The van der Waals surface area contributed by atoms with Crippen LogP contribution in [0.15, 0.2) is 60.9 Å². The molecule has 11 heteroatoms. The first-order valence-electron chi connectivity index (χ1n) is 18.3. The van der Waals surface area contributed by atoms with E-state index in [0.717, 1.165) is 96.4 Å². The Bertz CT molecular complexity index is 1610. The molecular weight excluding hydrogens is 688 g/mol. The van der Waals surface area contributed by atoms with Crippen molar-refractivity contribution in [2.75, 3.05) is 24.7 Å². The second kappa shape index (κ2) is 17.4. The molecule has 2 aromatic carbocycles. The van der Waals surface area contributed by atoms with Crippen LogP contribution < -0.4 is 4.74 Å². The molecule has 2 heterocycles. The number of halogens is 1. The number of pyridine rings is 1. The maximum absolute atomic E-state index is 13.4. The summed E-state index contributed by atoms with van der Waals surface area (Å²) in [6.45, 7) is 2.40. The molecule has 6 rings (SSSR count). The molecule has 2 saturated carbocycles. The third-order valence-corrected chi connectivity index (χ3v) is 11.9. The number of rotatable bonds is 18. The Morgan fingerprint density at radius 3 is 2.53 bits per heavy atom. The molecule has 4 unspecified atom stereocenters. The fraction of sp³-hybridized carbons (Fsp3) is 0.550. The second-order valence-electron chi connectivity index (χ2n) is 14.4. The number of carbonyl (C=O) groups is 1. The van der Waals surface area contributed by atoms with E-state index in [2.05, 4.69) is 36.2 Å². The molecule has 3 fully saturated rings. The zero-order valence-corrected chi connectivity index (χ0v) is 30.9.